The predicted molar refractivity (Wildman–Crippen MR) is 131 cm³/mol. The van der Waals surface area contributed by atoms with E-state index in [1.807, 2.05) is 24.3 Å². The second kappa shape index (κ2) is 11.8. The van der Waals surface area contributed by atoms with Gasteiger partial charge in [-0.05, 0) is 54.3 Å². The Morgan fingerprint density at radius 2 is 1.53 bits per heavy atom. The zero-order chi connectivity index (χ0) is 23.8. The number of benzene rings is 3. The molecule has 3 aromatic carbocycles. The van der Waals surface area contributed by atoms with Crippen LogP contribution >= 0.6 is 0 Å². The highest BCUT2D eigenvalue weighted by Crippen LogP contribution is 2.29. The van der Waals surface area contributed by atoms with Crippen LogP contribution in [0.25, 0.3) is 0 Å². The maximum atomic E-state index is 12.3. The molecule has 0 saturated carbocycles. The maximum absolute atomic E-state index is 12.3. The van der Waals surface area contributed by atoms with E-state index >= 15 is 0 Å². The van der Waals surface area contributed by atoms with E-state index in [4.69, 9.17) is 18.9 Å². The van der Waals surface area contributed by atoms with Crippen LogP contribution in [0.3, 0.4) is 0 Å². The molecule has 0 N–H and O–H groups in total. The number of hydrogen-bond acceptors (Lipinski definition) is 5. The number of carbonyl (C=O) groups is 1. The highest BCUT2D eigenvalue weighted by atomic mass is 16.7. The molecule has 3 aromatic rings. The van der Waals surface area contributed by atoms with Crippen molar-refractivity contribution in [2.45, 2.75) is 58.2 Å². The lowest BCUT2D eigenvalue weighted by Crippen LogP contribution is -2.40. The molecule has 0 amide bonds. The third-order valence-corrected chi connectivity index (χ3v) is 5.70. The van der Waals surface area contributed by atoms with Crippen LogP contribution in [0.1, 0.15) is 49.0 Å². The summed E-state index contributed by atoms with van der Waals surface area (Å²) in [5.74, 6) is 1.26. The molecule has 0 aromatic heterocycles. The molecule has 3 atom stereocenters. The zero-order valence-corrected chi connectivity index (χ0v) is 19.8. The minimum atomic E-state index is -0.393. The Balaban J connectivity index is 1.35. The SMILES string of the molecule is CC(C)C[C@@H]1CC(OCc2ccccc2)CC(Oc2ccc(OC(=O)c3ccccc3)cc2)O1. The molecule has 0 bridgehead atoms. The topological polar surface area (TPSA) is 54.0 Å². The van der Waals surface area contributed by atoms with E-state index in [1.54, 1.807) is 48.5 Å². The van der Waals surface area contributed by atoms with Gasteiger partial charge in [0.25, 0.3) is 0 Å². The Kier molecular flexibility index (Phi) is 8.34. The van der Waals surface area contributed by atoms with E-state index in [2.05, 4.69) is 26.0 Å². The summed E-state index contributed by atoms with van der Waals surface area (Å²) in [6.45, 7) is 4.97. The molecule has 1 fully saturated rings. The molecule has 1 aliphatic heterocycles. The van der Waals surface area contributed by atoms with Gasteiger partial charge in [-0.15, -0.1) is 0 Å². The first-order valence-electron chi connectivity index (χ1n) is 11.9. The van der Waals surface area contributed by atoms with Crippen LogP contribution in [0.15, 0.2) is 84.9 Å². The van der Waals surface area contributed by atoms with Crippen molar-refractivity contribution in [3.63, 3.8) is 0 Å². The molecule has 1 heterocycles. The highest BCUT2D eigenvalue weighted by Gasteiger charge is 2.32. The molecule has 0 radical (unpaired) electrons. The molecule has 0 aliphatic carbocycles. The third kappa shape index (κ3) is 7.17. The lowest BCUT2D eigenvalue weighted by atomic mass is 9.97. The van der Waals surface area contributed by atoms with Crippen LogP contribution in [0.4, 0.5) is 0 Å². The fraction of sp³-hybridized carbons (Fsp3) is 0.345. The van der Waals surface area contributed by atoms with E-state index < -0.39 is 6.29 Å². The average Bonchev–Trinajstić information content (AvgIpc) is 2.85. The quantitative estimate of drug-likeness (QED) is 0.272. The summed E-state index contributed by atoms with van der Waals surface area (Å²) in [6.07, 6.45) is 2.24. The van der Waals surface area contributed by atoms with Crippen LogP contribution in [0.5, 0.6) is 11.5 Å². The fourth-order valence-electron chi connectivity index (χ4n) is 4.09. The lowest BCUT2D eigenvalue weighted by molar-refractivity contribution is -0.190. The summed E-state index contributed by atoms with van der Waals surface area (Å²) in [4.78, 5) is 12.3. The van der Waals surface area contributed by atoms with Gasteiger partial charge in [-0.2, -0.15) is 0 Å². The first-order valence-corrected chi connectivity index (χ1v) is 11.9. The number of esters is 1. The van der Waals surface area contributed by atoms with Crippen molar-refractivity contribution in [2.75, 3.05) is 0 Å². The Morgan fingerprint density at radius 3 is 2.21 bits per heavy atom. The third-order valence-electron chi connectivity index (χ3n) is 5.70. The smallest absolute Gasteiger partial charge is 0.343 e. The van der Waals surface area contributed by atoms with Crippen molar-refractivity contribution in [2.24, 2.45) is 5.92 Å². The van der Waals surface area contributed by atoms with Gasteiger partial charge in [0, 0.05) is 12.8 Å². The molecule has 5 nitrogen and oxygen atoms in total. The van der Waals surface area contributed by atoms with Gasteiger partial charge >= 0.3 is 5.97 Å². The van der Waals surface area contributed by atoms with E-state index in [1.165, 1.54) is 0 Å². The van der Waals surface area contributed by atoms with Crippen molar-refractivity contribution in [3.05, 3.63) is 96.1 Å². The summed E-state index contributed by atoms with van der Waals surface area (Å²) in [5.41, 5.74) is 1.67. The lowest BCUT2D eigenvalue weighted by Gasteiger charge is -2.36. The molecule has 178 valence electrons. The first-order chi connectivity index (χ1) is 16.5. The molecule has 34 heavy (non-hydrogen) atoms. The van der Waals surface area contributed by atoms with Crippen molar-refractivity contribution in [1.82, 2.24) is 0 Å². The molecule has 4 rings (SSSR count). The average molecular weight is 461 g/mol. The molecule has 1 saturated heterocycles. The minimum Gasteiger partial charge on any atom is -0.465 e. The van der Waals surface area contributed by atoms with E-state index in [0.29, 0.717) is 36.0 Å². The summed E-state index contributed by atoms with van der Waals surface area (Å²) >= 11 is 0. The van der Waals surface area contributed by atoms with Crippen molar-refractivity contribution in [3.8, 4) is 11.5 Å². The maximum Gasteiger partial charge on any atom is 0.343 e. The van der Waals surface area contributed by atoms with E-state index in [9.17, 15) is 4.79 Å². The Morgan fingerprint density at radius 1 is 0.882 bits per heavy atom. The first kappa shape index (κ1) is 24.0. The van der Waals surface area contributed by atoms with Gasteiger partial charge in [0.15, 0.2) is 0 Å². The largest absolute Gasteiger partial charge is 0.465 e. The number of ether oxygens (including phenoxy) is 4. The van der Waals surface area contributed by atoms with Crippen molar-refractivity contribution < 1.29 is 23.7 Å². The van der Waals surface area contributed by atoms with Crippen LogP contribution in [0, 0.1) is 5.92 Å². The predicted octanol–water partition coefficient (Wildman–Crippen LogP) is 6.42. The number of hydrogen-bond donors (Lipinski definition) is 0. The van der Waals surface area contributed by atoms with E-state index in [0.717, 1.165) is 18.4 Å². The van der Waals surface area contributed by atoms with Crippen LogP contribution < -0.4 is 9.47 Å². The Bertz CT molecular complexity index is 1020. The van der Waals surface area contributed by atoms with Gasteiger partial charge in [0.1, 0.15) is 11.5 Å². The van der Waals surface area contributed by atoms with Crippen molar-refractivity contribution >= 4 is 5.97 Å². The van der Waals surface area contributed by atoms with Gasteiger partial charge in [0.05, 0.1) is 24.4 Å². The highest BCUT2D eigenvalue weighted by molar-refractivity contribution is 5.90. The van der Waals surface area contributed by atoms with Gasteiger partial charge in [0.2, 0.25) is 6.29 Å². The van der Waals surface area contributed by atoms with Gasteiger partial charge < -0.3 is 18.9 Å². The number of rotatable bonds is 9. The van der Waals surface area contributed by atoms with Crippen LogP contribution in [-0.4, -0.2) is 24.5 Å². The van der Waals surface area contributed by atoms with Crippen LogP contribution in [-0.2, 0) is 16.1 Å². The molecule has 0 spiro atoms. The molecular formula is C29H32O5. The number of carbonyl (C=O) groups excluding carboxylic acids is 1. The Labute approximate surface area is 201 Å². The van der Waals surface area contributed by atoms with Gasteiger partial charge in [-0.1, -0.05) is 62.4 Å². The summed E-state index contributed by atoms with van der Waals surface area (Å²) in [6, 6.07) is 26.2. The zero-order valence-electron chi connectivity index (χ0n) is 19.8. The minimum absolute atomic E-state index is 0.0637. The summed E-state index contributed by atoms with van der Waals surface area (Å²) in [7, 11) is 0. The molecule has 2 unspecified atom stereocenters. The van der Waals surface area contributed by atoms with Crippen LogP contribution in [0.2, 0.25) is 0 Å². The normalized spacial score (nSPS) is 20.1. The molecule has 5 heteroatoms. The monoisotopic (exact) mass is 460 g/mol. The standard InChI is InChI=1S/C29H32O5/c1-21(2)17-27-18-26(31-20-22-9-5-3-6-10-22)19-28(33-27)32-24-13-15-25(16-14-24)34-29(30)23-11-7-4-8-12-23/h3-16,21,26-28H,17-20H2,1-2H3/t26?,27-,28?/m1/s1. The van der Waals surface area contributed by atoms with Gasteiger partial charge in [-0.25, -0.2) is 4.79 Å². The van der Waals surface area contributed by atoms with Gasteiger partial charge in [-0.3, -0.25) is 0 Å². The van der Waals surface area contributed by atoms with Crippen molar-refractivity contribution in [1.29, 1.82) is 0 Å². The Hall–Kier alpha value is -3.15. The van der Waals surface area contributed by atoms with E-state index in [-0.39, 0.29) is 18.2 Å². The second-order valence-electron chi connectivity index (χ2n) is 9.05. The fourth-order valence-corrected chi connectivity index (χ4v) is 4.09. The second-order valence-corrected chi connectivity index (χ2v) is 9.05. The molecular weight excluding hydrogens is 428 g/mol. The summed E-state index contributed by atoms with van der Waals surface area (Å²) < 4.78 is 24.1. The summed E-state index contributed by atoms with van der Waals surface area (Å²) in [5, 5.41) is 0. The molecule has 1 aliphatic rings.